The van der Waals surface area contributed by atoms with Crippen molar-refractivity contribution in [1.29, 1.82) is 0 Å². The zero-order valence-electron chi connectivity index (χ0n) is 15.7. The van der Waals surface area contributed by atoms with Gasteiger partial charge in [-0.1, -0.05) is 78.9 Å². The third kappa shape index (κ3) is 3.46. The molecule has 0 saturated carbocycles. The van der Waals surface area contributed by atoms with Crippen LogP contribution in [0.3, 0.4) is 0 Å². The molecule has 0 spiro atoms. The fraction of sp³-hybridized carbons (Fsp3) is 0.0417. The molecule has 0 aliphatic carbocycles. The standard InChI is InChI=1S/C24H19N5/c1-4-10-18(11-5-1)16-25-23-21-24(28-22(27-23)19-12-6-2-7-13-19)29(17-26-21)20-14-8-3-9-15-20/h1-15,17H,16H2,(H,25,27,28). The lowest BCUT2D eigenvalue weighted by Gasteiger charge is -2.10. The summed E-state index contributed by atoms with van der Waals surface area (Å²) >= 11 is 0. The van der Waals surface area contributed by atoms with Crippen molar-refractivity contribution in [2.45, 2.75) is 6.54 Å². The molecule has 0 unspecified atom stereocenters. The lowest BCUT2D eigenvalue weighted by atomic mass is 10.2. The van der Waals surface area contributed by atoms with Gasteiger partial charge in [0.2, 0.25) is 0 Å². The highest BCUT2D eigenvalue weighted by molar-refractivity contribution is 5.86. The summed E-state index contributed by atoms with van der Waals surface area (Å²) in [6.45, 7) is 0.666. The molecule has 1 N–H and O–H groups in total. The molecule has 0 fully saturated rings. The third-order valence-corrected chi connectivity index (χ3v) is 4.77. The minimum absolute atomic E-state index is 0.666. The van der Waals surface area contributed by atoms with Crippen LogP contribution in [0.25, 0.3) is 28.2 Å². The summed E-state index contributed by atoms with van der Waals surface area (Å²) in [7, 11) is 0. The van der Waals surface area contributed by atoms with Crippen molar-refractivity contribution < 1.29 is 0 Å². The summed E-state index contributed by atoms with van der Waals surface area (Å²) in [5.74, 6) is 1.40. The fourth-order valence-electron chi connectivity index (χ4n) is 3.30. The number of anilines is 1. The number of rotatable bonds is 5. The van der Waals surface area contributed by atoms with Crippen LogP contribution in [0.15, 0.2) is 97.3 Å². The Bertz CT molecular complexity index is 1230. The summed E-state index contributed by atoms with van der Waals surface area (Å²) in [5, 5.41) is 3.45. The Hall–Kier alpha value is -3.99. The largest absolute Gasteiger partial charge is 0.364 e. The van der Waals surface area contributed by atoms with Crippen molar-refractivity contribution in [2.24, 2.45) is 0 Å². The Morgan fingerprint density at radius 2 is 1.38 bits per heavy atom. The van der Waals surface area contributed by atoms with Gasteiger partial charge in [0, 0.05) is 17.8 Å². The first kappa shape index (κ1) is 17.1. The SMILES string of the molecule is c1ccc(CNc2nc(-c3ccccc3)nc3c2ncn3-c2ccccc2)cc1. The minimum Gasteiger partial charge on any atom is -0.364 e. The summed E-state index contributed by atoms with van der Waals surface area (Å²) in [4.78, 5) is 14.3. The van der Waals surface area contributed by atoms with Gasteiger partial charge < -0.3 is 5.32 Å². The highest BCUT2D eigenvalue weighted by atomic mass is 15.2. The molecule has 29 heavy (non-hydrogen) atoms. The Morgan fingerprint density at radius 1 is 0.724 bits per heavy atom. The maximum Gasteiger partial charge on any atom is 0.170 e. The van der Waals surface area contributed by atoms with Crippen LogP contribution in [0.5, 0.6) is 0 Å². The maximum atomic E-state index is 4.85. The Kier molecular flexibility index (Phi) is 4.47. The first-order chi connectivity index (χ1) is 14.4. The second-order valence-corrected chi connectivity index (χ2v) is 6.72. The number of fused-ring (bicyclic) bond motifs is 1. The van der Waals surface area contributed by atoms with Crippen LogP contribution >= 0.6 is 0 Å². The number of nitrogens with zero attached hydrogens (tertiary/aromatic N) is 4. The number of benzene rings is 3. The number of aromatic nitrogens is 4. The van der Waals surface area contributed by atoms with E-state index in [4.69, 9.17) is 9.97 Å². The van der Waals surface area contributed by atoms with E-state index < -0.39 is 0 Å². The molecule has 0 radical (unpaired) electrons. The number of hydrogen-bond donors (Lipinski definition) is 1. The molecular weight excluding hydrogens is 358 g/mol. The Labute approximate surface area is 168 Å². The van der Waals surface area contributed by atoms with E-state index in [-0.39, 0.29) is 0 Å². The van der Waals surface area contributed by atoms with Crippen LogP contribution in [0, 0.1) is 0 Å². The Balaban J connectivity index is 1.63. The van der Waals surface area contributed by atoms with Crippen LogP contribution < -0.4 is 5.32 Å². The maximum absolute atomic E-state index is 4.85. The van der Waals surface area contributed by atoms with Gasteiger partial charge in [-0.05, 0) is 17.7 Å². The van der Waals surface area contributed by atoms with Gasteiger partial charge in [-0.2, -0.15) is 0 Å². The van der Waals surface area contributed by atoms with Gasteiger partial charge >= 0.3 is 0 Å². The molecule has 0 aliphatic heterocycles. The number of nitrogens with one attached hydrogen (secondary N) is 1. The van der Waals surface area contributed by atoms with Gasteiger partial charge in [-0.25, -0.2) is 15.0 Å². The lowest BCUT2D eigenvalue weighted by molar-refractivity contribution is 1.06. The van der Waals surface area contributed by atoms with Gasteiger partial charge in [0.15, 0.2) is 22.8 Å². The van der Waals surface area contributed by atoms with Crippen LogP contribution in [-0.4, -0.2) is 19.5 Å². The van der Waals surface area contributed by atoms with Crippen molar-refractivity contribution in [3.8, 4) is 17.1 Å². The summed E-state index contributed by atoms with van der Waals surface area (Å²) in [6.07, 6.45) is 1.80. The predicted octanol–water partition coefficient (Wildman–Crippen LogP) is 5.09. The van der Waals surface area contributed by atoms with Crippen molar-refractivity contribution >= 4 is 17.0 Å². The minimum atomic E-state index is 0.666. The van der Waals surface area contributed by atoms with Crippen molar-refractivity contribution in [3.05, 3.63) is 103 Å². The molecule has 5 rings (SSSR count). The average Bonchev–Trinajstić information content (AvgIpc) is 3.23. The van der Waals surface area contributed by atoms with Gasteiger partial charge in [-0.3, -0.25) is 4.57 Å². The summed E-state index contributed by atoms with van der Waals surface area (Å²) in [5.41, 5.74) is 4.70. The predicted molar refractivity (Wildman–Crippen MR) is 116 cm³/mol. The van der Waals surface area contributed by atoms with Gasteiger partial charge in [0.1, 0.15) is 6.33 Å². The molecule has 0 bridgehead atoms. The lowest BCUT2D eigenvalue weighted by Crippen LogP contribution is -2.05. The molecule has 2 aromatic heterocycles. The van der Waals surface area contributed by atoms with E-state index in [0.29, 0.717) is 12.4 Å². The number of para-hydroxylation sites is 1. The van der Waals surface area contributed by atoms with E-state index in [1.807, 2.05) is 83.4 Å². The third-order valence-electron chi connectivity index (χ3n) is 4.77. The van der Waals surface area contributed by atoms with E-state index >= 15 is 0 Å². The van der Waals surface area contributed by atoms with Crippen molar-refractivity contribution in [2.75, 3.05) is 5.32 Å². The number of hydrogen-bond acceptors (Lipinski definition) is 4. The zero-order valence-corrected chi connectivity index (χ0v) is 15.7. The summed E-state index contributed by atoms with van der Waals surface area (Å²) in [6, 6.07) is 30.4. The van der Waals surface area contributed by atoms with E-state index in [1.165, 1.54) is 5.56 Å². The monoisotopic (exact) mass is 377 g/mol. The van der Waals surface area contributed by atoms with E-state index in [0.717, 1.165) is 28.2 Å². The highest BCUT2D eigenvalue weighted by Crippen LogP contribution is 2.26. The molecule has 5 aromatic rings. The quantitative estimate of drug-likeness (QED) is 0.463. The zero-order chi connectivity index (χ0) is 19.5. The second kappa shape index (κ2) is 7.56. The second-order valence-electron chi connectivity index (χ2n) is 6.72. The molecule has 5 nitrogen and oxygen atoms in total. The first-order valence-corrected chi connectivity index (χ1v) is 9.52. The van der Waals surface area contributed by atoms with Crippen LogP contribution in [0.1, 0.15) is 5.56 Å². The molecule has 0 atom stereocenters. The van der Waals surface area contributed by atoms with Crippen LogP contribution in [-0.2, 0) is 6.54 Å². The first-order valence-electron chi connectivity index (χ1n) is 9.52. The average molecular weight is 377 g/mol. The molecule has 0 aliphatic rings. The molecule has 5 heteroatoms. The molecule has 2 heterocycles. The van der Waals surface area contributed by atoms with Crippen LogP contribution in [0.2, 0.25) is 0 Å². The van der Waals surface area contributed by atoms with Crippen molar-refractivity contribution in [1.82, 2.24) is 19.5 Å². The summed E-state index contributed by atoms with van der Waals surface area (Å²) < 4.78 is 2.00. The van der Waals surface area contributed by atoms with E-state index in [9.17, 15) is 0 Å². The molecule has 140 valence electrons. The molecule has 0 saturated heterocycles. The fourth-order valence-corrected chi connectivity index (χ4v) is 3.30. The van der Waals surface area contributed by atoms with E-state index in [2.05, 4.69) is 22.4 Å². The topological polar surface area (TPSA) is 55.6 Å². The smallest absolute Gasteiger partial charge is 0.170 e. The van der Waals surface area contributed by atoms with Gasteiger partial charge in [0.25, 0.3) is 0 Å². The van der Waals surface area contributed by atoms with Gasteiger partial charge in [-0.15, -0.1) is 0 Å². The van der Waals surface area contributed by atoms with Crippen molar-refractivity contribution in [3.63, 3.8) is 0 Å². The molecular formula is C24H19N5. The molecule has 0 amide bonds. The van der Waals surface area contributed by atoms with Crippen LogP contribution in [0.4, 0.5) is 5.82 Å². The van der Waals surface area contributed by atoms with Gasteiger partial charge in [0.05, 0.1) is 0 Å². The number of imidazole rings is 1. The highest BCUT2D eigenvalue weighted by Gasteiger charge is 2.15. The Morgan fingerprint density at radius 3 is 2.10 bits per heavy atom. The van der Waals surface area contributed by atoms with E-state index in [1.54, 1.807) is 6.33 Å². The molecule has 3 aromatic carbocycles. The normalized spacial score (nSPS) is 10.9.